The summed E-state index contributed by atoms with van der Waals surface area (Å²) < 4.78 is 0. The van der Waals surface area contributed by atoms with Gasteiger partial charge in [0.15, 0.2) is 5.60 Å². The van der Waals surface area contributed by atoms with Crippen molar-refractivity contribution in [3.63, 3.8) is 0 Å². The number of carbonyl (C=O) groups excluding carboxylic acids is 1. The van der Waals surface area contributed by atoms with E-state index in [4.69, 9.17) is 5.11 Å². The first-order valence-electron chi connectivity index (χ1n) is 7.17. The number of carbonyl (C=O) groups is 2. The van der Waals surface area contributed by atoms with Crippen LogP contribution in [0, 0.1) is 6.92 Å². The molecular formula is C15H16N2O4S2. The minimum absolute atomic E-state index is 0.0453. The molecule has 1 fully saturated rings. The standard InChI is InChI=1S/C15H16N2O4S2/c1-9-11(23-12(16-9)10-3-2-8-22-10)13(18)17-6-4-15(21,5-7-17)14(19)20/h2-3,8,21H,4-7H2,1H3,(H,19,20). The first kappa shape index (κ1) is 16.1. The maximum Gasteiger partial charge on any atom is 0.335 e. The lowest BCUT2D eigenvalue weighted by atomic mass is 9.91. The summed E-state index contributed by atoms with van der Waals surface area (Å²) in [7, 11) is 0. The predicted octanol–water partition coefficient (Wildman–Crippen LogP) is 2.23. The van der Waals surface area contributed by atoms with Crippen molar-refractivity contribution in [1.29, 1.82) is 0 Å². The quantitative estimate of drug-likeness (QED) is 0.884. The highest BCUT2D eigenvalue weighted by Crippen LogP contribution is 2.32. The molecule has 1 amide bonds. The fourth-order valence-electron chi connectivity index (χ4n) is 2.54. The molecule has 3 rings (SSSR count). The van der Waals surface area contributed by atoms with Crippen molar-refractivity contribution in [2.24, 2.45) is 0 Å². The number of amides is 1. The summed E-state index contributed by atoms with van der Waals surface area (Å²) in [5.41, 5.74) is -1.04. The molecule has 0 radical (unpaired) electrons. The Morgan fingerprint density at radius 1 is 1.35 bits per heavy atom. The smallest absolute Gasteiger partial charge is 0.335 e. The third-order valence-corrected chi connectivity index (χ3v) is 6.18. The number of rotatable bonds is 3. The average molecular weight is 352 g/mol. The van der Waals surface area contributed by atoms with Crippen molar-refractivity contribution in [2.75, 3.05) is 13.1 Å². The van der Waals surface area contributed by atoms with E-state index in [1.807, 2.05) is 17.5 Å². The Balaban J connectivity index is 1.76. The van der Waals surface area contributed by atoms with E-state index < -0.39 is 11.6 Å². The molecule has 2 aromatic rings. The van der Waals surface area contributed by atoms with Crippen LogP contribution in [0.4, 0.5) is 0 Å². The Morgan fingerprint density at radius 3 is 2.61 bits per heavy atom. The molecule has 6 nitrogen and oxygen atoms in total. The Bertz CT molecular complexity index is 731. The molecule has 8 heteroatoms. The van der Waals surface area contributed by atoms with Crippen molar-refractivity contribution in [2.45, 2.75) is 25.4 Å². The van der Waals surface area contributed by atoms with Gasteiger partial charge in [-0.25, -0.2) is 9.78 Å². The lowest BCUT2D eigenvalue weighted by molar-refractivity contribution is -0.162. The fraction of sp³-hybridized carbons (Fsp3) is 0.400. The van der Waals surface area contributed by atoms with Crippen molar-refractivity contribution in [1.82, 2.24) is 9.88 Å². The number of aliphatic hydroxyl groups is 1. The topological polar surface area (TPSA) is 90.7 Å². The van der Waals surface area contributed by atoms with Crippen LogP contribution in [0.5, 0.6) is 0 Å². The summed E-state index contributed by atoms with van der Waals surface area (Å²) in [4.78, 5) is 31.4. The second-order valence-electron chi connectivity index (χ2n) is 5.54. The first-order valence-corrected chi connectivity index (χ1v) is 8.87. The van der Waals surface area contributed by atoms with Gasteiger partial charge in [0.2, 0.25) is 0 Å². The number of likely N-dealkylation sites (tertiary alicyclic amines) is 1. The second-order valence-corrected chi connectivity index (χ2v) is 7.49. The number of hydrogen-bond acceptors (Lipinski definition) is 6. The summed E-state index contributed by atoms with van der Waals surface area (Å²) >= 11 is 2.93. The number of carboxylic acid groups (broad SMARTS) is 1. The lowest BCUT2D eigenvalue weighted by Crippen LogP contribution is -2.50. The lowest BCUT2D eigenvalue weighted by Gasteiger charge is -2.35. The Hall–Kier alpha value is -1.77. The summed E-state index contributed by atoms with van der Waals surface area (Å²) in [5, 5.41) is 21.8. The highest BCUT2D eigenvalue weighted by Gasteiger charge is 2.41. The van der Waals surface area contributed by atoms with Gasteiger partial charge in [0.25, 0.3) is 5.91 Å². The third-order valence-electron chi connectivity index (χ3n) is 4.00. The summed E-state index contributed by atoms with van der Waals surface area (Å²) in [5.74, 6) is -1.37. The number of carboxylic acids is 1. The van der Waals surface area contributed by atoms with Gasteiger partial charge in [-0.2, -0.15) is 0 Å². The molecule has 0 aromatic carbocycles. The minimum atomic E-state index is -1.72. The molecule has 1 saturated heterocycles. The monoisotopic (exact) mass is 352 g/mol. The molecule has 3 heterocycles. The van der Waals surface area contributed by atoms with Crippen LogP contribution in [0.25, 0.3) is 9.88 Å². The van der Waals surface area contributed by atoms with Crippen LogP contribution in [0.1, 0.15) is 28.2 Å². The van der Waals surface area contributed by atoms with E-state index >= 15 is 0 Å². The van der Waals surface area contributed by atoms with Gasteiger partial charge in [0.05, 0.1) is 10.6 Å². The van der Waals surface area contributed by atoms with Gasteiger partial charge in [0.1, 0.15) is 9.88 Å². The molecule has 0 bridgehead atoms. The highest BCUT2D eigenvalue weighted by atomic mass is 32.1. The van der Waals surface area contributed by atoms with Gasteiger partial charge in [-0.1, -0.05) is 6.07 Å². The Kier molecular flexibility index (Phi) is 4.22. The normalized spacial score (nSPS) is 17.2. The number of nitrogens with zero attached hydrogens (tertiary/aromatic N) is 2. The molecule has 0 unspecified atom stereocenters. The molecule has 0 spiro atoms. The van der Waals surface area contributed by atoms with Crippen LogP contribution in [-0.2, 0) is 4.79 Å². The number of piperidine rings is 1. The van der Waals surface area contributed by atoms with Gasteiger partial charge in [-0.3, -0.25) is 4.79 Å². The van der Waals surface area contributed by atoms with Crippen molar-refractivity contribution in [3.05, 3.63) is 28.1 Å². The van der Waals surface area contributed by atoms with Crippen LogP contribution in [-0.4, -0.2) is 50.7 Å². The van der Waals surface area contributed by atoms with Gasteiger partial charge in [-0.15, -0.1) is 22.7 Å². The SMILES string of the molecule is Cc1nc(-c2cccs2)sc1C(=O)N1CCC(O)(C(=O)O)CC1. The fourth-order valence-corrected chi connectivity index (χ4v) is 4.37. The predicted molar refractivity (Wildman–Crippen MR) is 87.9 cm³/mol. The van der Waals surface area contributed by atoms with E-state index in [-0.39, 0.29) is 31.8 Å². The number of thiazole rings is 1. The highest BCUT2D eigenvalue weighted by molar-refractivity contribution is 7.22. The van der Waals surface area contributed by atoms with Crippen LogP contribution < -0.4 is 0 Å². The molecule has 2 N–H and O–H groups in total. The molecule has 0 aliphatic carbocycles. The molecule has 1 aliphatic heterocycles. The maximum absolute atomic E-state index is 12.7. The van der Waals surface area contributed by atoms with E-state index in [1.165, 1.54) is 11.3 Å². The third kappa shape index (κ3) is 3.01. The zero-order valence-electron chi connectivity index (χ0n) is 12.5. The van der Waals surface area contributed by atoms with E-state index in [0.29, 0.717) is 10.6 Å². The van der Waals surface area contributed by atoms with Crippen molar-refractivity contribution in [3.8, 4) is 9.88 Å². The second kappa shape index (κ2) is 6.03. The summed E-state index contributed by atoms with van der Waals surface area (Å²) in [6.07, 6.45) is 0.0907. The van der Waals surface area contributed by atoms with Gasteiger partial charge < -0.3 is 15.1 Å². The van der Waals surface area contributed by atoms with E-state index in [1.54, 1.807) is 23.2 Å². The number of aryl methyl sites for hydroxylation is 1. The van der Waals surface area contributed by atoms with Crippen molar-refractivity contribution < 1.29 is 19.8 Å². The average Bonchev–Trinajstić information content (AvgIpc) is 3.16. The van der Waals surface area contributed by atoms with Crippen LogP contribution in [0.15, 0.2) is 17.5 Å². The zero-order valence-corrected chi connectivity index (χ0v) is 14.1. The van der Waals surface area contributed by atoms with E-state index in [2.05, 4.69) is 4.98 Å². The number of aliphatic carboxylic acids is 1. The molecular weight excluding hydrogens is 336 g/mol. The molecule has 2 aromatic heterocycles. The van der Waals surface area contributed by atoms with Crippen LogP contribution >= 0.6 is 22.7 Å². The number of thiophene rings is 1. The van der Waals surface area contributed by atoms with Gasteiger partial charge >= 0.3 is 5.97 Å². The number of hydrogen-bond donors (Lipinski definition) is 2. The van der Waals surface area contributed by atoms with E-state index in [9.17, 15) is 14.7 Å². The van der Waals surface area contributed by atoms with Crippen molar-refractivity contribution >= 4 is 34.6 Å². The molecule has 1 aliphatic rings. The maximum atomic E-state index is 12.7. The minimum Gasteiger partial charge on any atom is -0.479 e. The molecule has 23 heavy (non-hydrogen) atoms. The molecule has 0 atom stereocenters. The van der Waals surface area contributed by atoms with Crippen LogP contribution in [0.2, 0.25) is 0 Å². The first-order chi connectivity index (χ1) is 10.9. The van der Waals surface area contributed by atoms with E-state index in [0.717, 1.165) is 9.88 Å². The zero-order chi connectivity index (χ0) is 16.6. The van der Waals surface area contributed by atoms with Gasteiger partial charge in [0, 0.05) is 25.9 Å². The summed E-state index contributed by atoms with van der Waals surface area (Å²) in [6.45, 7) is 2.26. The summed E-state index contributed by atoms with van der Waals surface area (Å²) in [6, 6.07) is 3.90. The Labute approximate surface area is 141 Å². The van der Waals surface area contributed by atoms with Crippen LogP contribution in [0.3, 0.4) is 0 Å². The molecule has 122 valence electrons. The van der Waals surface area contributed by atoms with Gasteiger partial charge in [-0.05, 0) is 18.4 Å². The number of aromatic nitrogens is 1. The Morgan fingerprint density at radius 2 is 2.04 bits per heavy atom. The molecule has 0 saturated carbocycles. The largest absolute Gasteiger partial charge is 0.479 e.